The number of nitrogens with zero attached hydrogens (tertiary/aromatic N) is 9. The van der Waals surface area contributed by atoms with Gasteiger partial charge in [-0.05, 0) is 137 Å². The van der Waals surface area contributed by atoms with Crippen LogP contribution in [0.5, 0.6) is 5.75 Å². The molecule has 1 atom stereocenters. The summed E-state index contributed by atoms with van der Waals surface area (Å²) in [5, 5.41) is 26.7. The molecule has 3 aliphatic heterocycles. The molecule has 0 radical (unpaired) electrons. The number of ether oxygens (including phenoxy) is 1. The first-order chi connectivity index (χ1) is 41.4. The minimum absolute atomic E-state index is 0.0143. The van der Waals surface area contributed by atoms with Crippen molar-refractivity contribution in [3.8, 4) is 40.7 Å². The normalized spacial score (nSPS) is 16.3. The number of fused-ring (bicyclic) bond motifs is 1. The fourth-order valence-corrected chi connectivity index (χ4v) is 13.4. The smallest absolute Gasteiger partial charge is 0.296 e. The molecule has 9 rings (SSSR count). The van der Waals surface area contributed by atoms with E-state index >= 15 is 0 Å². The van der Waals surface area contributed by atoms with Crippen molar-refractivity contribution in [2.45, 2.75) is 80.9 Å². The highest BCUT2D eigenvalue weighted by atomic mass is 32.2. The van der Waals surface area contributed by atoms with E-state index < -0.39 is 27.9 Å². The van der Waals surface area contributed by atoms with Crippen LogP contribution in [0.3, 0.4) is 0 Å². The van der Waals surface area contributed by atoms with E-state index in [0.717, 1.165) is 93.0 Å². The number of methoxy groups -OCH3 is 1. The average molecular weight is 1210 g/mol. The predicted octanol–water partition coefficient (Wildman–Crippen LogP) is 4.63. The number of hydrogen-bond acceptors (Lipinski definition) is 18. The Labute approximate surface area is 504 Å². The molecule has 0 spiro atoms. The van der Waals surface area contributed by atoms with E-state index in [9.17, 15) is 27.6 Å². The van der Waals surface area contributed by atoms with Crippen LogP contribution in [0.4, 0.5) is 10.9 Å². The van der Waals surface area contributed by atoms with Gasteiger partial charge in [0.05, 0.1) is 30.8 Å². The van der Waals surface area contributed by atoms with Gasteiger partial charge in [-0.15, -0.1) is 16.4 Å². The zero-order chi connectivity index (χ0) is 59.5. The van der Waals surface area contributed by atoms with Gasteiger partial charge in [0.15, 0.2) is 27.3 Å². The summed E-state index contributed by atoms with van der Waals surface area (Å²) in [7, 11) is -2.44. The number of aromatic nitrogens is 6. The number of thiazole rings is 1. The molecule has 0 unspecified atom stereocenters. The van der Waals surface area contributed by atoms with Crippen LogP contribution in [0.1, 0.15) is 75.0 Å². The van der Waals surface area contributed by atoms with Gasteiger partial charge in [-0.3, -0.25) is 19.2 Å². The van der Waals surface area contributed by atoms with Gasteiger partial charge in [0.1, 0.15) is 11.8 Å². The van der Waals surface area contributed by atoms with Gasteiger partial charge in [-0.25, -0.2) is 28.1 Å². The lowest BCUT2D eigenvalue weighted by atomic mass is 9.95. The zero-order valence-electron chi connectivity index (χ0n) is 48.0. The summed E-state index contributed by atoms with van der Waals surface area (Å²) in [6, 6.07) is 20.4. The first-order valence-electron chi connectivity index (χ1n) is 29.0. The van der Waals surface area contributed by atoms with E-state index in [1.165, 1.54) is 27.8 Å². The molecule has 0 bridgehead atoms. The number of hydrogen-bond donors (Lipinski definition) is 6. The molecule has 4 amide bonds. The van der Waals surface area contributed by atoms with Crippen LogP contribution in [-0.2, 0) is 35.7 Å². The SMILES string of the molecule is CCCSc1nc(NCCN)c2nnn(Cc3ccc(C#CCNC(=O)C4CCN(CCNC(=O)C5CCN(CCNC(=O)C#Cc6ccc(S(=O)(=O)N7CCCC[C@@H]7C(=O)Nc7nc(-c8ccc(OC)cc8)cs7)cc6)CC5)CC4)cc3)c2n1. The third-order valence-corrected chi connectivity index (χ3v) is 18.8. The summed E-state index contributed by atoms with van der Waals surface area (Å²) in [6.45, 7) is 9.40. The fourth-order valence-electron chi connectivity index (χ4n) is 10.3. The highest BCUT2D eigenvalue weighted by molar-refractivity contribution is 7.99. The van der Waals surface area contributed by atoms with Crippen molar-refractivity contribution in [3.05, 3.63) is 94.9 Å². The third kappa shape index (κ3) is 17.1. The van der Waals surface area contributed by atoms with Gasteiger partial charge in [-0.2, -0.15) is 4.31 Å². The molecule has 448 valence electrons. The molecule has 3 aromatic heterocycles. The van der Waals surface area contributed by atoms with Crippen LogP contribution in [0.15, 0.2) is 88.2 Å². The molecule has 3 fully saturated rings. The van der Waals surface area contributed by atoms with Gasteiger partial charge in [0.25, 0.3) is 5.91 Å². The summed E-state index contributed by atoms with van der Waals surface area (Å²) in [4.78, 5) is 70.8. The highest BCUT2D eigenvalue weighted by Gasteiger charge is 2.38. The van der Waals surface area contributed by atoms with Gasteiger partial charge < -0.3 is 46.9 Å². The molecule has 3 aliphatic rings. The standard InChI is InChI=1S/C60H73N15O7S3/c1-3-39-83-60-67-54(63-29-27-61)53-55(68-60)74(71-70-53)40-44-11-9-42(10-12-44)7-6-28-64-56(77)46-23-35-73(36-24-46)38-31-65-57(78)47-25-33-72(34-26-47)37-30-62-52(76)22-15-43-13-20-49(21-14-43)85(80,81)75-32-5-4-8-51(75)58(79)69-59-66-50(41-84-59)45-16-18-48(82-2)19-17-45/h9-14,16-21,41,46-47,51H,3-5,8,23-40,61H2,1-2H3,(H,62,76)(H,64,77)(H,65,78)(H,63,67,68)(H,66,69,79)/t51-/m1/s1. The molecular formula is C60H73N15O7S3. The lowest BCUT2D eigenvalue weighted by Gasteiger charge is -2.33. The summed E-state index contributed by atoms with van der Waals surface area (Å²) in [5.41, 5.74) is 10.9. The van der Waals surface area contributed by atoms with Crippen LogP contribution in [0, 0.1) is 35.5 Å². The maximum absolute atomic E-state index is 13.9. The summed E-state index contributed by atoms with van der Waals surface area (Å²) < 4.78 is 36.1. The van der Waals surface area contributed by atoms with Crippen molar-refractivity contribution >= 4 is 78.9 Å². The first kappa shape index (κ1) is 62.1. The zero-order valence-corrected chi connectivity index (χ0v) is 50.4. The van der Waals surface area contributed by atoms with E-state index in [0.29, 0.717) is 97.1 Å². The Hall–Kier alpha value is -7.49. The Morgan fingerprint density at radius 2 is 1.44 bits per heavy atom. The number of amides is 4. The maximum Gasteiger partial charge on any atom is 0.296 e. The third-order valence-electron chi connectivity index (χ3n) is 15.1. The lowest BCUT2D eigenvalue weighted by Crippen LogP contribution is -2.49. The first-order valence-corrected chi connectivity index (χ1v) is 32.3. The number of nitrogens with one attached hydrogen (secondary N) is 5. The second-order valence-corrected chi connectivity index (χ2v) is 24.8. The van der Waals surface area contributed by atoms with Crippen LogP contribution in [0.2, 0.25) is 0 Å². The summed E-state index contributed by atoms with van der Waals surface area (Å²) in [5.74, 6) is 12.9. The largest absolute Gasteiger partial charge is 0.497 e. The average Bonchev–Trinajstić information content (AvgIpc) is 4.17. The Kier molecular flexibility index (Phi) is 22.3. The number of carbonyl (C=O) groups is 4. The molecule has 6 aromatic rings. The number of piperidine rings is 3. The van der Waals surface area contributed by atoms with Crippen molar-refractivity contribution < 1.29 is 32.3 Å². The fraction of sp³-hybridized carbons (Fsp3) is 0.450. The Morgan fingerprint density at radius 1 is 0.765 bits per heavy atom. The number of anilines is 2. The number of thioether (sulfide) groups is 1. The van der Waals surface area contributed by atoms with Crippen LogP contribution >= 0.6 is 23.1 Å². The van der Waals surface area contributed by atoms with Crippen molar-refractivity contribution in [1.82, 2.24) is 60.0 Å². The van der Waals surface area contributed by atoms with Gasteiger partial charge in [0, 0.05) is 91.4 Å². The summed E-state index contributed by atoms with van der Waals surface area (Å²) >= 11 is 2.86. The van der Waals surface area contributed by atoms with Crippen LogP contribution in [0.25, 0.3) is 22.4 Å². The van der Waals surface area contributed by atoms with Crippen molar-refractivity contribution in [1.29, 1.82) is 0 Å². The van der Waals surface area contributed by atoms with Gasteiger partial charge in [-0.1, -0.05) is 60.2 Å². The molecule has 7 N–H and O–H groups in total. The van der Waals surface area contributed by atoms with Crippen LogP contribution in [-0.4, -0.2) is 174 Å². The monoisotopic (exact) mass is 1210 g/mol. The molecule has 25 heteroatoms. The molecule has 22 nitrogen and oxygen atoms in total. The Morgan fingerprint density at radius 3 is 2.12 bits per heavy atom. The number of sulfonamides is 1. The minimum atomic E-state index is -4.03. The van der Waals surface area contributed by atoms with E-state index in [1.54, 1.807) is 35.7 Å². The van der Waals surface area contributed by atoms with Crippen molar-refractivity contribution in [2.24, 2.45) is 17.6 Å². The topological polar surface area (TPSA) is 277 Å². The second-order valence-electron chi connectivity index (χ2n) is 21.0. The lowest BCUT2D eigenvalue weighted by molar-refractivity contribution is -0.126. The van der Waals surface area contributed by atoms with Crippen LogP contribution < -0.4 is 37.1 Å². The highest BCUT2D eigenvalue weighted by Crippen LogP contribution is 2.30. The number of carbonyl (C=O) groups excluding carboxylic acids is 4. The maximum atomic E-state index is 13.9. The van der Waals surface area contributed by atoms with Gasteiger partial charge >= 0.3 is 0 Å². The minimum Gasteiger partial charge on any atom is -0.497 e. The predicted molar refractivity (Wildman–Crippen MR) is 329 cm³/mol. The number of benzene rings is 3. The van der Waals surface area contributed by atoms with E-state index in [4.69, 9.17) is 15.5 Å². The number of rotatable bonds is 23. The Balaban J connectivity index is 0.621. The summed E-state index contributed by atoms with van der Waals surface area (Å²) in [6.07, 6.45) is 5.66. The van der Waals surface area contributed by atoms with E-state index in [-0.39, 0.29) is 41.6 Å². The Bertz CT molecular complexity index is 3490. The number of likely N-dealkylation sites (tertiary alicyclic amines) is 2. The molecular weight excluding hydrogens is 1140 g/mol. The molecule has 3 saturated heterocycles. The molecule has 85 heavy (non-hydrogen) atoms. The van der Waals surface area contributed by atoms with E-state index in [1.807, 2.05) is 53.9 Å². The van der Waals surface area contributed by atoms with Crippen molar-refractivity contribution in [3.63, 3.8) is 0 Å². The van der Waals surface area contributed by atoms with Gasteiger partial charge in [0.2, 0.25) is 27.7 Å². The molecule has 0 aliphatic carbocycles. The second kappa shape index (κ2) is 30.5. The van der Waals surface area contributed by atoms with Crippen molar-refractivity contribution in [2.75, 3.05) is 102 Å². The number of nitrogens with two attached hydrogens (primary N) is 1. The molecule has 6 heterocycles. The van der Waals surface area contributed by atoms with E-state index in [2.05, 4.69) is 87.3 Å². The molecule has 3 aromatic carbocycles. The molecule has 0 saturated carbocycles. The quantitative estimate of drug-likeness (QED) is 0.0290.